The van der Waals surface area contributed by atoms with E-state index >= 15 is 0 Å². The summed E-state index contributed by atoms with van der Waals surface area (Å²) in [4.78, 5) is 15.0. The van der Waals surface area contributed by atoms with E-state index in [1.807, 2.05) is 6.07 Å². The molecule has 0 aliphatic carbocycles. The summed E-state index contributed by atoms with van der Waals surface area (Å²) in [6, 6.07) is 6.89. The van der Waals surface area contributed by atoms with Crippen LogP contribution in [0.15, 0.2) is 36.6 Å². The average molecular weight is 466 g/mol. The molecule has 0 saturated carbocycles. The van der Waals surface area contributed by atoms with Crippen LogP contribution in [0.2, 0.25) is 5.02 Å². The fraction of sp³-hybridized carbons (Fsp3) is 0.0769. The van der Waals surface area contributed by atoms with Gasteiger partial charge in [-0.2, -0.15) is 4.68 Å². The highest BCUT2D eigenvalue weighted by molar-refractivity contribution is 9.12. The molecular weight excluding hydrogens is 457 g/mol. The van der Waals surface area contributed by atoms with Crippen LogP contribution in [0.1, 0.15) is 0 Å². The van der Waals surface area contributed by atoms with E-state index in [1.54, 1.807) is 18.2 Å². The van der Waals surface area contributed by atoms with E-state index in [2.05, 4.69) is 41.9 Å². The first kappa shape index (κ1) is 15.8. The predicted octanol–water partition coefficient (Wildman–Crippen LogP) is 4.48. The highest BCUT2D eigenvalue weighted by atomic mass is 79.9. The maximum Gasteiger partial charge on any atom is 0.348 e. The van der Waals surface area contributed by atoms with Crippen LogP contribution in [0.4, 0.5) is 0 Å². The van der Waals surface area contributed by atoms with Crippen LogP contribution in [-0.2, 0) is 0 Å². The van der Waals surface area contributed by atoms with Gasteiger partial charge < -0.3 is 4.74 Å². The number of thiophene rings is 1. The van der Waals surface area contributed by atoms with Gasteiger partial charge in [0.2, 0.25) is 0 Å². The lowest BCUT2D eigenvalue weighted by Gasteiger charge is -2.07. The molecular formula is C13H8Br2ClN3O2S. The van der Waals surface area contributed by atoms with E-state index in [0.29, 0.717) is 22.3 Å². The molecule has 9 heteroatoms. The molecule has 0 atom stereocenters. The second-order valence-corrected chi connectivity index (χ2v) is 8.43. The Balaban J connectivity index is 2.17. The van der Waals surface area contributed by atoms with Crippen molar-refractivity contribution in [1.82, 2.24) is 14.8 Å². The molecule has 2 heterocycles. The van der Waals surface area contributed by atoms with Crippen LogP contribution in [0, 0.1) is 0 Å². The van der Waals surface area contributed by atoms with Gasteiger partial charge in [-0.05, 0) is 56.1 Å². The summed E-state index contributed by atoms with van der Waals surface area (Å²) in [5, 5.41) is 4.83. The summed E-state index contributed by atoms with van der Waals surface area (Å²) in [7, 11) is 1.53. The van der Waals surface area contributed by atoms with Gasteiger partial charge in [0.15, 0.2) is 5.82 Å². The summed E-state index contributed by atoms with van der Waals surface area (Å²) in [6.07, 6.45) is 0. The lowest BCUT2D eigenvalue weighted by Crippen LogP contribution is -2.16. The Morgan fingerprint density at radius 3 is 2.77 bits per heavy atom. The third-order valence-corrected chi connectivity index (χ3v) is 5.47. The van der Waals surface area contributed by atoms with Crippen LogP contribution >= 0.6 is 54.8 Å². The number of methoxy groups -OCH3 is 1. The molecule has 0 aliphatic rings. The third kappa shape index (κ3) is 2.88. The number of ether oxygens (including phenoxy) is 1. The molecule has 22 heavy (non-hydrogen) atoms. The smallest absolute Gasteiger partial charge is 0.348 e. The number of hydrogen-bond acceptors (Lipinski definition) is 4. The maximum absolute atomic E-state index is 12.2. The molecule has 114 valence electrons. The van der Waals surface area contributed by atoms with Gasteiger partial charge in [0.05, 0.1) is 14.7 Å². The molecule has 3 aromatic rings. The zero-order chi connectivity index (χ0) is 15.9. The number of benzene rings is 1. The van der Waals surface area contributed by atoms with Gasteiger partial charge in [-0.15, -0.1) is 16.4 Å². The lowest BCUT2D eigenvalue weighted by atomic mass is 10.3. The van der Waals surface area contributed by atoms with Crippen molar-refractivity contribution in [1.29, 1.82) is 0 Å². The second kappa shape index (κ2) is 6.19. The molecule has 0 fully saturated rings. The van der Waals surface area contributed by atoms with Crippen molar-refractivity contribution in [3.05, 3.63) is 47.3 Å². The first-order valence-corrected chi connectivity index (χ1v) is 8.76. The summed E-state index contributed by atoms with van der Waals surface area (Å²) in [5.41, 5.74) is 0.909. The Hall–Kier alpha value is -1.09. The van der Waals surface area contributed by atoms with Crippen molar-refractivity contribution in [2.24, 2.45) is 0 Å². The van der Waals surface area contributed by atoms with E-state index in [4.69, 9.17) is 16.3 Å². The van der Waals surface area contributed by atoms with Crippen molar-refractivity contribution in [2.75, 3.05) is 7.11 Å². The Kier molecular flexibility index (Phi) is 4.44. The van der Waals surface area contributed by atoms with Gasteiger partial charge in [0.25, 0.3) is 0 Å². The summed E-state index contributed by atoms with van der Waals surface area (Å²) < 4.78 is 8.31. The normalized spacial score (nSPS) is 10.9. The molecule has 0 spiro atoms. The van der Waals surface area contributed by atoms with Crippen LogP contribution in [-0.4, -0.2) is 21.9 Å². The fourth-order valence-corrected chi connectivity index (χ4v) is 4.91. The monoisotopic (exact) mass is 463 g/mol. The summed E-state index contributed by atoms with van der Waals surface area (Å²) in [5.74, 6) is 0.968. The van der Waals surface area contributed by atoms with E-state index in [-0.39, 0.29) is 5.69 Å². The predicted molar refractivity (Wildman–Crippen MR) is 94.5 cm³/mol. The Morgan fingerprint density at radius 1 is 1.36 bits per heavy atom. The van der Waals surface area contributed by atoms with Crippen LogP contribution in [0.5, 0.6) is 5.75 Å². The molecule has 0 radical (unpaired) electrons. The van der Waals surface area contributed by atoms with Gasteiger partial charge in [-0.25, -0.2) is 4.79 Å². The maximum atomic E-state index is 12.2. The summed E-state index contributed by atoms with van der Waals surface area (Å²) >= 11 is 14.4. The van der Waals surface area contributed by atoms with Crippen molar-refractivity contribution < 1.29 is 4.74 Å². The van der Waals surface area contributed by atoms with Gasteiger partial charge in [0.1, 0.15) is 11.4 Å². The van der Waals surface area contributed by atoms with Crippen LogP contribution in [0.3, 0.4) is 0 Å². The van der Waals surface area contributed by atoms with Gasteiger partial charge in [-0.3, -0.25) is 4.98 Å². The van der Waals surface area contributed by atoms with Crippen LogP contribution in [0.25, 0.3) is 17.1 Å². The van der Waals surface area contributed by atoms with Crippen molar-refractivity contribution >= 4 is 54.8 Å². The standard InChI is InChI=1S/C13H8Br2ClN3O2S/c1-21-9-3-2-6(16)4-8(9)19-13(20)17-12(18-19)7-5-10(14)22-11(7)15/h2-5H,1H3,(H,17,18,20). The number of aromatic amines is 1. The number of H-pyrrole nitrogens is 1. The molecule has 0 bridgehead atoms. The number of rotatable bonds is 3. The number of hydrogen-bond donors (Lipinski definition) is 1. The quantitative estimate of drug-likeness (QED) is 0.621. The minimum Gasteiger partial charge on any atom is -0.494 e. The molecule has 0 aliphatic heterocycles. The van der Waals surface area contributed by atoms with Gasteiger partial charge in [0, 0.05) is 10.6 Å². The van der Waals surface area contributed by atoms with Crippen molar-refractivity contribution in [3.63, 3.8) is 0 Å². The molecule has 0 amide bonds. The van der Waals surface area contributed by atoms with Crippen molar-refractivity contribution in [3.8, 4) is 22.8 Å². The highest BCUT2D eigenvalue weighted by Gasteiger charge is 2.16. The SMILES string of the molecule is COc1ccc(Cl)cc1-n1nc(-c2cc(Br)sc2Br)[nH]c1=O. The lowest BCUT2D eigenvalue weighted by molar-refractivity contribution is 0.411. The Bertz CT molecular complexity index is 903. The minimum atomic E-state index is -0.371. The van der Waals surface area contributed by atoms with Crippen molar-refractivity contribution in [2.45, 2.75) is 0 Å². The highest BCUT2D eigenvalue weighted by Crippen LogP contribution is 2.37. The first-order chi connectivity index (χ1) is 10.5. The Labute approximate surface area is 151 Å². The molecule has 0 unspecified atom stereocenters. The Morgan fingerprint density at radius 2 is 2.14 bits per heavy atom. The van der Waals surface area contributed by atoms with E-state index in [9.17, 15) is 4.79 Å². The zero-order valence-corrected chi connectivity index (χ0v) is 15.8. The number of aromatic nitrogens is 3. The molecule has 1 aromatic carbocycles. The first-order valence-electron chi connectivity index (χ1n) is 5.98. The molecule has 5 nitrogen and oxygen atoms in total. The number of halogens is 3. The fourth-order valence-electron chi connectivity index (χ4n) is 1.94. The number of nitrogens with zero attached hydrogens (tertiary/aromatic N) is 2. The van der Waals surface area contributed by atoms with E-state index in [1.165, 1.54) is 23.1 Å². The molecule has 2 aromatic heterocycles. The summed E-state index contributed by atoms with van der Waals surface area (Å²) in [6.45, 7) is 0. The zero-order valence-electron chi connectivity index (χ0n) is 11.1. The van der Waals surface area contributed by atoms with Crippen LogP contribution < -0.4 is 10.4 Å². The molecule has 3 rings (SSSR count). The van der Waals surface area contributed by atoms with E-state index in [0.717, 1.165) is 13.1 Å². The average Bonchev–Trinajstić information content (AvgIpc) is 3.01. The topological polar surface area (TPSA) is 59.9 Å². The van der Waals surface area contributed by atoms with E-state index < -0.39 is 0 Å². The molecule has 0 saturated heterocycles. The largest absolute Gasteiger partial charge is 0.494 e. The molecule has 1 N–H and O–H groups in total. The van der Waals surface area contributed by atoms with Gasteiger partial charge >= 0.3 is 5.69 Å². The third-order valence-electron chi connectivity index (χ3n) is 2.90. The number of nitrogens with one attached hydrogen (secondary N) is 1. The minimum absolute atomic E-state index is 0.371. The van der Waals surface area contributed by atoms with Gasteiger partial charge in [-0.1, -0.05) is 11.6 Å². The second-order valence-electron chi connectivity index (χ2n) is 4.24.